The van der Waals surface area contributed by atoms with Crippen molar-refractivity contribution in [2.75, 3.05) is 0 Å². The highest BCUT2D eigenvalue weighted by molar-refractivity contribution is 5.90. The Morgan fingerprint density at radius 3 is 1.96 bits per heavy atom. The molecule has 0 bridgehead atoms. The first-order valence-corrected chi connectivity index (χ1v) is 8.47. The van der Waals surface area contributed by atoms with Crippen molar-refractivity contribution in [1.82, 2.24) is 10.6 Å². The molecule has 0 aliphatic carbocycles. The Labute approximate surface area is 157 Å². The number of phenols is 1. The number of benzene rings is 2. The molecule has 2 atom stereocenters. The van der Waals surface area contributed by atoms with Crippen LogP contribution in [0.15, 0.2) is 54.6 Å². The molecule has 27 heavy (non-hydrogen) atoms. The maximum absolute atomic E-state index is 12.6. The molecule has 2 aromatic carbocycles. The van der Waals surface area contributed by atoms with Crippen LogP contribution in [0.4, 0.5) is 0 Å². The number of hydrogen-bond acceptors (Lipinski definition) is 4. The topological polar surface area (TPSA) is 116 Å². The van der Waals surface area contributed by atoms with Gasteiger partial charge in [-0.15, -0.1) is 0 Å². The van der Waals surface area contributed by atoms with Crippen molar-refractivity contribution < 1.29 is 24.6 Å². The van der Waals surface area contributed by atoms with E-state index in [9.17, 15) is 24.6 Å². The molecule has 2 aromatic rings. The summed E-state index contributed by atoms with van der Waals surface area (Å²) in [6.45, 7) is 1.30. The van der Waals surface area contributed by atoms with Crippen LogP contribution < -0.4 is 10.6 Å². The number of hydrogen-bond donors (Lipinski definition) is 4. The molecule has 0 radical (unpaired) electrons. The zero-order valence-corrected chi connectivity index (χ0v) is 14.9. The lowest BCUT2D eigenvalue weighted by Crippen LogP contribution is -2.52. The summed E-state index contributed by atoms with van der Waals surface area (Å²) in [6, 6.07) is 13.2. The van der Waals surface area contributed by atoms with Crippen LogP contribution in [0.2, 0.25) is 0 Å². The molecule has 0 aliphatic heterocycles. The Morgan fingerprint density at radius 2 is 1.41 bits per heavy atom. The van der Waals surface area contributed by atoms with Crippen molar-refractivity contribution in [2.24, 2.45) is 0 Å². The summed E-state index contributed by atoms with van der Waals surface area (Å²) in [5.74, 6) is -2.06. The van der Waals surface area contributed by atoms with Gasteiger partial charge in [-0.2, -0.15) is 0 Å². The molecule has 1 unspecified atom stereocenters. The average Bonchev–Trinajstić information content (AvgIpc) is 2.62. The molecular formula is C20H22N2O5. The van der Waals surface area contributed by atoms with Crippen molar-refractivity contribution in [2.45, 2.75) is 31.8 Å². The third-order valence-corrected chi connectivity index (χ3v) is 3.97. The quantitative estimate of drug-likeness (QED) is 0.558. The fourth-order valence-corrected chi connectivity index (χ4v) is 2.64. The molecule has 2 amide bonds. The molecule has 7 heteroatoms. The number of phenolic OH excluding ortho intramolecular Hbond substituents is 1. The Bertz CT molecular complexity index is 790. The predicted molar refractivity (Wildman–Crippen MR) is 99.1 cm³/mol. The van der Waals surface area contributed by atoms with E-state index in [1.54, 1.807) is 12.1 Å². The standard InChI is InChI=1S/C20H22N2O5/c1-13(23)21-17(11-14-5-3-2-4-6-14)19(25)22-18(20(26)27)12-15-7-9-16(24)10-8-15/h2-10,17-18,24H,11-12H2,1H3,(H,21,23)(H,22,25)(H,26,27)/t17?,18-/m0/s1. The van der Waals surface area contributed by atoms with Gasteiger partial charge in [0.2, 0.25) is 11.8 Å². The summed E-state index contributed by atoms with van der Waals surface area (Å²) in [5, 5.41) is 23.8. The van der Waals surface area contributed by atoms with E-state index in [1.165, 1.54) is 19.1 Å². The third kappa shape index (κ3) is 6.47. The number of carbonyl (C=O) groups is 3. The number of aliphatic carboxylic acids is 1. The molecule has 4 N–H and O–H groups in total. The van der Waals surface area contributed by atoms with E-state index in [-0.39, 0.29) is 24.5 Å². The summed E-state index contributed by atoms with van der Waals surface area (Å²) in [6.07, 6.45) is 0.303. The molecule has 0 saturated heterocycles. The van der Waals surface area contributed by atoms with E-state index >= 15 is 0 Å². The first kappa shape index (κ1) is 20.0. The van der Waals surface area contributed by atoms with Gasteiger partial charge in [0.25, 0.3) is 0 Å². The summed E-state index contributed by atoms with van der Waals surface area (Å²) < 4.78 is 0. The van der Waals surface area contributed by atoms with E-state index in [1.807, 2.05) is 30.3 Å². The normalized spacial score (nSPS) is 12.6. The van der Waals surface area contributed by atoms with E-state index in [0.717, 1.165) is 5.56 Å². The zero-order valence-electron chi connectivity index (χ0n) is 14.9. The number of carboxylic acids is 1. The van der Waals surface area contributed by atoms with Gasteiger partial charge in [-0.3, -0.25) is 9.59 Å². The molecular weight excluding hydrogens is 348 g/mol. The fraction of sp³-hybridized carbons (Fsp3) is 0.250. The molecule has 0 saturated carbocycles. The fourth-order valence-electron chi connectivity index (χ4n) is 2.64. The number of aromatic hydroxyl groups is 1. The van der Waals surface area contributed by atoms with Gasteiger partial charge in [0.15, 0.2) is 0 Å². The van der Waals surface area contributed by atoms with Crippen molar-refractivity contribution in [3.8, 4) is 5.75 Å². The van der Waals surface area contributed by atoms with Gasteiger partial charge in [0.1, 0.15) is 17.8 Å². The number of carbonyl (C=O) groups excluding carboxylic acids is 2. The third-order valence-electron chi connectivity index (χ3n) is 3.97. The number of carboxylic acid groups (broad SMARTS) is 1. The predicted octanol–water partition coefficient (Wildman–Crippen LogP) is 1.25. The van der Waals surface area contributed by atoms with Gasteiger partial charge in [-0.1, -0.05) is 42.5 Å². The summed E-state index contributed by atoms with van der Waals surface area (Å²) in [7, 11) is 0. The van der Waals surface area contributed by atoms with Gasteiger partial charge in [-0.05, 0) is 23.3 Å². The van der Waals surface area contributed by atoms with Gasteiger partial charge >= 0.3 is 5.97 Å². The smallest absolute Gasteiger partial charge is 0.326 e. The molecule has 2 rings (SSSR count). The number of rotatable bonds is 8. The first-order valence-electron chi connectivity index (χ1n) is 8.47. The summed E-state index contributed by atoms with van der Waals surface area (Å²) in [4.78, 5) is 35.6. The van der Waals surface area contributed by atoms with Gasteiger partial charge < -0.3 is 20.8 Å². The molecule has 0 aliphatic rings. The maximum Gasteiger partial charge on any atom is 0.326 e. The van der Waals surface area contributed by atoms with Crippen LogP contribution in [0.3, 0.4) is 0 Å². The molecule has 0 fully saturated rings. The van der Waals surface area contributed by atoms with Crippen LogP contribution >= 0.6 is 0 Å². The minimum Gasteiger partial charge on any atom is -0.508 e. The largest absolute Gasteiger partial charge is 0.508 e. The van der Waals surface area contributed by atoms with Crippen LogP contribution in [-0.2, 0) is 27.2 Å². The van der Waals surface area contributed by atoms with Crippen LogP contribution in [0, 0.1) is 0 Å². The second-order valence-corrected chi connectivity index (χ2v) is 6.21. The minimum absolute atomic E-state index is 0.0550. The Hall–Kier alpha value is -3.35. The monoisotopic (exact) mass is 370 g/mol. The van der Waals surface area contributed by atoms with Crippen molar-refractivity contribution in [1.29, 1.82) is 0 Å². The molecule has 142 valence electrons. The van der Waals surface area contributed by atoms with Crippen LogP contribution in [0.1, 0.15) is 18.1 Å². The number of amides is 2. The summed E-state index contributed by atoms with van der Waals surface area (Å²) in [5.41, 5.74) is 1.50. The Balaban J connectivity index is 2.10. The lowest BCUT2D eigenvalue weighted by atomic mass is 10.0. The van der Waals surface area contributed by atoms with E-state index in [0.29, 0.717) is 5.56 Å². The number of nitrogens with one attached hydrogen (secondary N) is 2. The van der Waals surface area contributed by atoms with E-state index < -0.39 is 24.0 Å². The van der Waals surface area contributed by atoms with Crippen LogP contribution in [0.25, 0.3) is 0 Å². The Kier molecular flexibility index (Phi) is 6.93. The summed E-state index contributed by atoms with van der Waals surface area (Å²) >= 11 is 0. The molecule has 7 nitrogen and oxygen atoms in total. The average molecular weight is 370 g/mol. The zero-order chi connectivity index (χ0) is 19.8. The Morgan fingerprint density at radius 1 is 0.852 bits per heavy atom. The SMILES string of the molecule is CC(=O)NC(Cc1ccccc1)C(=O)N[C@@H](Cc1ccc(O)cc1)C(=O)O. The van der Waals surface area contributed by atoms with Gasteiger partial charge in [0.05, 0.1) is 0 Å². The van der Waals surface area contributed by atoms with E-state index in [2.05, 4.69) is 10.6 Å². The lowest BCUT2D eigenvalue weighted by molar-refractivity contribution is -0.142. The van der Waals surface area contributed by atoms with Crippen molar-refractivity contribution >= 4 is 17.8 Å². The molecule has 0 spiro atoms. The van der Waals surface area contributed by atoms with Crippen LogP contribution in [-0.4, -0.2) is 40.1 Å². The second-order valence-electron chi connectivity index (χ2n) is 6.21. The van der Waals surface area contributed by atoms with Crippen molar-refractivity contribution in [3.63, 3.8) is 0 Å². The lowest BCUT2D eigenvalue weighted by Gasteiger charge is -2.21. The van der Waals surface area contributed by atoms with E-state index in [4.69, 9.17) is 0 Å². The maximum atomic E-state index is 12.6. The molecule has 0 aromatic heterocycles. The second kappa shape index (κ2) is 9.38. The van der Waals surface area contributed by atoms with Gasteiger partial charge in [0, 0.05) is 19.8 Å². The molecule has 0 heterocycles. The highest BCUT2D eigenvalue weighted by Gasteiger charge is 2.26. The highest BCUT2D eigenvalue weighted by atomic mass is 16.4. The van der Waals surface area contributed by atoms with Crippen LogP contribution in [0.5, 0.6) is 5.75 Å². The highest BCUT2D eigenvalue weighted by Crippen LogP contribution is 2.12. The first-order chi connectivity index (χ1) is 12.8. The minimum atomic E-state index is -1.18. The van der Waals surface area contributed by atoms with Crippen molar-refractivity contribution in [3.05, 3.63) is 65.7 Å². The van der Waals surface area contributed by atoms with Gasteiger partial charge in [-0.25, -0.2) is 4.79 Å².